The van der Waals surface area contributed by atoms with Crippen LogP contribution in [0.1, 0.15) is 66.7 Å². The van der Waals surface area contributed by atoms with Crippen LogP contribution in [-0.4, -0.2) is 37.6 Å². The fraction of sp³-hybridized carbons (Fsp3) is 1.00. The highest BCUT2D eigenvalue weighted by molar-refractivity contribution is 4.79. The summed E-state index contributed by atoms with van der Waals surface area (Å²) in [5.74, 6) is 1.65. The van der Waals surface area contributed by atoms with Crippen molar-refractivity contribution in [2.75, 3.05) is 20.6 Å². The lowest BCUT2D eigenvalue weighted by atomic mass is 9.92. The fourth-order valence-corrected chi connectivity index (χ4v) is 2.94. The molecule has 116 valence electrons. The topological polar surface area (TPSA) is 15.3 Å². The SMILES string of the molecule is CCC(C)CC(CC)NCC(C(CC)CC)N(C)C. The summed E-state index contributed by atoms with van der Waals surface area (Å²) < 4.78 is 0. The standard InChI is InChI=1S/C17H38N2/c1-8-14(5)12-16(11-4)18-13-17(19(6)7)15(9-2)10-3/h14-18H,8-13H2,1-7H3. The van der Waals surface area contributed by atoms with Crippen molar-refractivity contribution in [3.63, 3.8) is 0 Å². The van der Waals surface area contributed by atoms with Gasteiger partial charge in [0.15, 0.2) is 0 Å². The van der Waals surface area contributed by atoms with Crippen LogP contribution in [-0.2, 0) is 0 Å². The first kappa shape index (κ1) is 18.9. The van der Waals surface area contributed by atoms with E-state index in [1.54, 1.807) is 0 Å². The van der Waals surface area contributed by atoms with Crippen LogP contribution in [0.15, 0.2) is 0 Å². The Labute approximate surface area is 122 Å². The maximum absolute atomic E-state index is 3.82. The molecular weight excluding hydrogens is 232 g/mol. The van der Waals surface area contributed by atoms with Crippen LogP contribution in [0.2, 0.25) is 0 Å². The molecule has 0 bridgehead atoms. The van der Waals surface area contributed by atoms with E-state index in [9.17, 15) is 0 Å². The Morgan fingerprint density at radius 2 is 1.47 bits per heavy atom. The van der Waals surface area contributed by atoms with E-state index >= 15 is 0 Å². The van der Waals surface area contributed by atoms with Crippen molar-refractivity contribution in [1.82, 2.24) is 10.2 Å². The summed E-state index contributed by atoms with van der Waals surface area (Å²) in [6, 6.07) is 1.35. The first-order valence-electron chi connectivity index (χ1n) is 8.39. The molecule has 0 radical (unpaired) electrons. The number of nitrogens with one attached hydrogen (secondary N) is 1. The van der Waals surface area contributed by atoms with Gasteiger partial charge in [0.05, 0.1) is 0 Å². The van der Waals surface area contributed by atoms with Gasteiger partial charge in [-0.1, -0.05) is 53.9 Å². The Morgan fingerprint density at radius 1 is 0.895 bits per heavy atom. The molecule has 2 nitrogen and oxygen atoms in total. The molecule has 0 amide bonds. The van der Waals surface area contributed by atoms with Crippen LogP contribution >= 0.6 is 0 Å². The molecule has 0 aromatic carbocycles. The largest absolute Gasteiger partial charge is 0.312 e. The Morgan fingerprint density at radius 3 is 1.84 bits per heavy atom. The fourth-order valence-electron chi connectivity index (χ4n) is 2.94. The maximum atomic E-state index is 3.82. The van der Waals surface area contributed by atoms with Gasteiger partial charge in [-0.15, -0.1) is 0 Å². The molecule has 3 unspecified atom stereocenters. The molecule has 1 N–H and O–H groups in total. The zero-order valence-electron chi connectivity index (χ0n) is 14.5. The molecule has 0 aliphatic rings. The molecular formula is C17H38N2. The third kappa shape index (κ3) is 7.31. The van der Waals surface area contributed by atoms with E-state index in [1.165, 1.54) is 32.1 Å². The van der Waals surface area contributed by atoms with Crippen molar-refractivity contribution < 1.29 is 0 Å². The van der Waals surface area contributed by atoms with E-state index in [4.69, 9.17) is 0 Å². The molecule has 0 aliphatic heterocycles. The van der Waals surface area contributed by atoms with Crippen LogP contribution in [0.4, 0.5) is 0 Å². The summed E-state index contributed by atoms with van der Waals surface area (Å²) in [7, 11) is 4.45. The average Bonchev–Trinajstić information content (AvgIpc) is 2.41. The number of likely N-dealkylation sites (N-methyl/N-ethyl adjacent to an activating group) is 1. The molecule has 0 saturated heterocycles. The number of nitrogens with zero attached hydrogens (tertiary/aromatic N) is 1. The van der Waals surface area contributed by atoms with Crippen LogP contribution < -0.4 is 5.32 Å². The Kier molecular flexibility index (Phi) is 10.6. The smallest absolute Gasteiger partial charge is 0.0242 e. The molecule has 19 heavy (non-hydrogen) atoms. The van der Waals surface area contributed by atoms with Crippen molar-refractivity contribution in [1.29, 1.82) is 0 Å². The Bertz CT molecular complexity index is 199. The van der Waals surface area contributed by atoms with Crippen LogP contribution in [0.3, 0.4) is 0 Å². The summed E-state index contributed by atoms with van der Waals surface area (Å²) in [6.07, 6.45) is 6.41. The van der Waals surface area contributed by atoms with Crippen molar-refractivity contribution in [2.24, 2.45) is 11.8 Å². The lowest BCUT2D eigenvalue weighted by Gasteiger charge is -2.33. The molecule has 2 heteroatoms. The van der Waals surface area contributed by atoms with E-state index in [0.717, 1.165) is 18.4 Å². The van der Waals surface area contributed by atoms with Crippen molar-refractivity contribution >= 4 is 0 Å². The molecule has 0 fully saturated rings. The molecule has 0 aliphatic carbocycles. The zero-order chi connectivity index (χ0) is 14.8. The van der Waals surface area contributed by atoms with E-state index in [2.05, 4.69) is 58.9 Å². The van der Waals surface area contributed by atoms with Gasteiger partial charge in [-0.2, -0.15) is 0 Å². The van der Waals surface area contributed by atoms with Crippen LogP contribution in [0, 0.1) is 11.8 Å². The monoisotopic (exact) mass is 270 g/mol. The van der Waals surface area contributed by atoms with Gasteiger partial charge in [0.1, 0.15) is 0 Å². The first-order valence-corrected chi connectivity index (χ1v) is 8.39. The number of rotatable bonds is 11. The predicted molar refractivity (Wildman–Crippen MR) is 87.7 cm³/mol. The highest BCUT2D eigenvalue weighted by atomic mass is 15.1. The van der Waals surface area contributed by atoms with Gasteiger partial charge >= 0.3 is 0 Å². The van der Waals surface area contributed by atoms with Crippen molar-refractivity contribution in [3.05, 3.63) is 0 Å². The van der Waals surface area contributed by atoms with E-state index in [1.807, 2.05) is 0 Å². The predicted octanol–water partition coefficient (Wildman–Crippen LogP) is 4.16. The molecule has 0 aromatic rings. The summed E-state index contributed by atoms with van der Waals surface area (Å²) in [5.41, 5.74) is 0. The highest BCUT2D eigenvalue weighted by Crippen LogP contribution is 2.18. The summed E-state index contributed by atoms with van der Waals surface area (Å²) in [4.78, 5) is 2.40. The van der Waals surface area contributed by atoms with E-state index in [-0.39, 0.29) is 0 Å². The van der Waals surface area contributed by atoms with Crippen molar-refractivity contribution in [3.8, 4) is 0 Å². The average molecular weight is 271 g/mol. The highest BCUT2D eigenvalue weighted by Gasteiger charge is 2.21. The van der Waals surface area contributed by atoms with Gasteiger partial charge in [0.2, 0.25) is 0 Å². The minimum absolute atomic E-state index is 0.668. The molecule has 3 atom stereocenters. The second kappa shape index (κ2) is 10.7. The first-order chi connectivity index (χ1) is 8.99. The zero-order valence-corrected chi connectivity index (χ0v) is 14.5. The maximum Gasteiger partial charge on any atom is 0.0242 e. The van der Waals surface area contributed by atoms with Crippen LogP contribution in [0.5, 0.6) is 0 Å². The summed E-state index contributed by atoms with van der Waals surface area (Å²) in [5, 5.41) is 3.82. The quantitative estimate of drug-likeness (QED) is 0.606. The second-order valence-corrected chi connectivity index (χ2v) is 6.37. The van der Waals surface area contributed by atoms with E-state index in [0.29, 0.717) is 12.1 Å². The lowest BCUT2D eigenvalue weighted by Crippen LogP contribution is -2.46. The minimum atomic E-state index is 0.668. The minimum Gasteiger partial charge on any atom is -0.312 e. The Hall–Kier alpha value is -0.0800. The van der Waals surface area contributed by atoms with Gasteiger partial charge in [-0.05, 0) is 38.8 Å². The molecule has 0 saturated carbocycles. The third-order valence-corrected chi connectivity index (χ3v) is 4.75. The van der Waals surface area contributed by atoms with Crippen LogP contribution in [0.25, 0.3) is 0 Å². The number of hydrogen-bond donors (Lipinski definition) is 1. The normalized spacial score (nSPS) is 16.9. The van der Waals surface area contributed by atoms with E-state index < -0.39 is 0 Å². The molecule has 0 heterocycles. The Balaban J connectivity index is 4.35. The molecule has 0 spiro atoms. The molecule has 0 rings (SSSR count). The number of hydrogen-bond acceptors (Lipinski definition) is 2. The van der Waals surface area contributed by atoms with Crippen molar-refractivity contribution in [2.45, 2.75) is 78.8 Å². The van der Waals surface area contributed by atoms with Gasteiger partial charge in [0.25, 0.3) is 0 Å². The third-order valence-electron chi connectivity index (χ3n) is 4.75. The summed E-state index contributed by atoms with van der Waals surface area (Å²) in [6.45, 7) is 12.7. The molecule has 0 aromatic heterocycles. The lowest BCUT2D eigenvalue weighted by molar-refractivity contribution is 0.186. The van der Waals surface area contributed by atoms with Gasteiger partial charge in [0, 0.05) is 18.6 Å². The van der Waals surface area contributed by atoms with Gasteiger partial charge < -0.3 is 10.2 Å². The second-order valence-electron chi connectivity index (χ2n) is 6.37. The van der Waals surface area contributed by atoms with Gasteiger partial charge in [-0.25, -0.2) is 0 Å². The van der Waals surface area contributed by atoms with Gasteiger partial charge in [-0.3, -0.25) is 0 Å². The summed E-state index contributed by atoms with van der Waals surface area (Å²) >= 11 is 0.